The summed E-state index contributed by atoms with van der Waals surface area (Å²) in [4.78, 5) is 0. The third-order valence-electron chi connectivity index (χ3n) is 2.25. The first kappa shape index (κ1) is 8.22. The van der Waals surface area contributed by atoms with Crippen LogP contribution in [0, 0.1) is 6.55 Å². The van der Waals surface area contributed by atoms with Crippen molar-refractivity contribution in [3.63, 3.8) is 0 Å². The molecular weight excluding hydrogens is 112 g/mol. The second kappa shape index (κ2) is 3.28. The molecule has 1 heteroatoms. The third-order valence-corrected chi connectivity index (χ3v) is 6.75. The second-order valence-electron chi connectivity index (χ2n) is 2.56. The van der Waals surface area contributed by atoms with Gasteiger partial charge in [0.25, 0.3) is 0 Å². The molecule has 0 aromatic rings. The predicted octanol–water partition coefficient (Wildman–Crippen LogP) is 2.87. The van der Waals surface area contributed by atoms with E-state index in [-0.39, 0.29) is 0 Å². The molecule has 0 unspecified atom stereocenters. The Balaban J connectivity index is 3.58. The van der Waals surface area contributed by atoms with Gasteiger partial charge in [-0.3, -0.25) is 0 Å². The van der Waals surface area contributed by atoms with Crippen molar-refractivity contribution in [2.24, 2.45) is 0 Å². The summed E-state index contributed by atoms with van der Waals surface area (Å²) >= 11 is 0. The Morgan fingerprint density at radius 2 is 1.25 bits per heavy atom. The minimum atomic E-state index is -0.921. The van der Waals surface area contributed by atoms with E-state index in [0.29, 0.717) is 0 Å². The van der Waals surface area contributed by atoms with E-state index in [1.807, 2.05) is 0 Å². The highest BCUT2D eigenvalue weighted by Crippen LogP contribution is 2.17. The summed E-state index contributed by atoms with van der Waals surface area (Å²) in [5.74, 6) is 0. The van der Waals surface area contributed by atoms with E-state index in [4.69, 9.17) is 0 Å². The van der Waals surface area contributed by atoms with Crippen molar-refractivity contribution in [2.45, 2.75) is 38.9 Å². The Labute approximate surface area is 54.3 Å². The predicted molar refractivity (Wildman–Crippen MR) is 42.6 cm³/mol. The Kier molecular flexibility index (Phi) is 3.37. The molecule has 0 aromatic heterocycles. The molecule has 0 aliphatic carbocycles. The van der Waals surface area contributed by atoms with E-state index < -0.39 is 8.07 Å². The minimum absolute atomic E-state index is 0.921. The Morgan fingerprint density at radius 1 is 1.00 bits per heavy atom. The van der Waals surface area contributed by atoms with Crippen molar-refractivity contribution < 1.29 is 0 Å². The molecule has 1 radical (unpaired) electrons. The smallest absolute Gasteiger partial charge is 0.0524 e. The topological polar surface area (TPSA) is 0 Å². The third kappa shape index (κ3) is 1.99. The van der Waals surface area contributed by atoms with Crippen LogP contribution in [0.25, 0.3) is 0 Å². The zero-order chi connectivity index (χ0) is 6.62. The summed E-state index contributed by atoms with van der Waals surface area (Å²) < 4.78 is 0. The van der Waals surface area contributed by atoms with Gasteiger partial charge in [-0.05, 0) is 0 Å². The summed E-state index contributed by atoms with van der Waals surface area (Å²) in [6.07, 6.45) is 0. The van der Waals surface area contributed by atoms with E-state index in [2.05, 4.69) is 27.3 Å². The highest BCUT2D eigenvalue weighted by molar-refractivity contribution is 6.81. The fourth-order valence-corrected chi connectivity index (χ4v) is 2.25. The molecule has 8 heavy (non-hydrogen) atoms. The molecule has 0 aliphatic heterocycles. The number of hydrogen-bond donors (Lipinski definition) is 0. The van der Waals surface area contributed by atoms with Crippen molar-refractivity contribution >= 4 is 8.07 Å². The minimum Gasteiger partial charge on any atom is -0.0678 e. The molecule has 0 saturated heterocycles. The van der Waals surface area contributed by atoms with Crippen LogP contribution >= 0.6 is 0 Å². The van der Waals surface area contributed by atoms with Crippen molar-refractivity contribution in [1.29, 1.82) is 0 Å². The molecule has 49 valence electrons. The van der Waals surface area contributed by atoms with Crippen LogP contribution in [0.1, 0.15) is 20.8 Å². The molecule has 0 aromatic carbocycles. The highest BCUT2D eigenvalue weighted by Gasteiger charge is 2.18. The summed E-state index contributed by atoms with van der Waals surface area (Å²) in [7, 11) is -0.921. The van der Waals surface area contributed by atoms with Crippen LogP contribution in [-0.4, -0.2) is 8.07 Å². The maximum absolute atomic E-state index is 4.26. The SMILES string of the molecule is [CH2][Si](CC)(CC)CC. The van der Waals surface area contributed by atoms with Gasteiger partial charge in [-0.15, -0.1) is 0 Å². The van der Waals surface area contributed by atoms with Gasteiger partial charge in [0.15, 0.2) is 0 Å². The van der Waals surface area contributed by atoms with Gasteiger partial charge in [-0.1, -0.05) is 45.5 Å². The zero-order valence-corrected chi connectivity index (χ0v) is 7.33. The standard InChI is InChI=1S/C7H17Si/c1-5-8(4,6-2)7-3/h4-7H2,1-3H3. The molecule has 0 fully saturated rings. The van der Waals surface area contributed by atoms with Crippen LogP contribution in [0.5, 0.6) is 0 Å². The normalized spacial score (nSPS) is 12.0. The van der Waals surface area contributed by atoms with Crippen LogP contribution in [0.2, 0.25) is 18.1 Å². The summed E-state index contributed by atoms with van der Waals surface area (Å²) in [6.45, 7) is 11.1. The average Bonchev–Trinajstić information content (AvgIpc) is 1.87. The van der Waals surface area contributed by atoms with E-state index in [1.165, 1.54) is 18.1 Å². The molecule has 0 saturated carbocycles. The Hall–Kier alpha value is 0.217. The monoisotopic (exact) mass is 129 g/mol. The largest absolute Gasteiger partial charge is 0.0678 e. The second-order valence-corrected chi connectivity index (χ2v) is 7.68. The van der Waals surface area contributed by atoms with Crippen LogP contribution in [-0.2, 0) is 0 Å². The van der Waals surface area contributed by atoms with Gasteiger partial charge < -0.3 is 0 Å². The number of hydrogen-bond acceptors (Lipinski definition) is 0. The quantitative estimate of drug-likeness (QED) is 0.514. The van der Waals surface area contributed by atoms with Gasteiger partial charge in [0.1, 0.15) is 0 Å². The van der Waals surface area contributed by atoms with Crippen LogP contribution in [0.4, 0.5) is 0 Å². The van der Waals surface area contributed by atoms with Crippen molar-refractivity contribution in [2.75, 3.05) is 0 Å². The van der Waals surface area contributed by atoms with E-state index in [0.717, 1.165) is 0 Å². The molecular formula is C7H17Si. The fourth-order valence-electron chi connectivity index (χ4n) is 0.750. The Morgan fingerprint density at radius 3 is 1.25 bits per heavy atom. The maximum Gasteiger partial charge on any atom is 0.0524 e. The summed E-state index contributed by atoms with van der Waals surface area (Å²) in [6, 6.07) is 4.04. The molecule has 0 N–H and O–H groups in total. The molecule has 0 aliphatic rings. The maximum atomic E-state index is 4.26. The fraction of sp³-hybridized carbons (Fsp3) is 0.857. The lowest BCUT2D eigenvalue weighted by Gasteiger charge is -2.20. The lowest BCUT2D eigenvalue weighted by atomic mass is 10.9. The van der Waals surface area contributed by atoms with E-state index in [9.17, 15) is 0 Å². The molecule has 0 nitrogen and oxygen atoms in total. The summed E-state index contributed by atoms with van der Waals surface area (Å²) in [5, 5.41) is 0. The van der Waals surface area contributed by atoms with Gasteiger partial charge in [-0.25, -0.2) is 0 Å². The molecule has 0 bridgehead atoms. The van der Waals surface area contributed by atoms with Gasteiger partial charge in [0, 0.05) is 0 Å². The first-order chi connectivity index (χ1) is 3.68. The van der Waals surface area contributed by atoms with Gasteiger partial charge in [0.05, 0.1) is 8.07 Å². The highest BCUT2D eigenvalue weighted by atomic mass is 28.3. The molecule has 0 spiro atoms. The van der Waals surface area contributed by atoms with Crippen molar-refractivity contribution in [3.05, 3.63) is 6.55 Å². The molecule has 0 amide bonds. The molecule has 0 heterocycles. The zero-order valence-electron chi connectivity index (χ0n) is 6.33. The van der Waals surface area contributed by atoms with E-state index >= 15 is 0 Å². The van der Waals surface area contributed by atoms with E-state index in [1.54, 1.807) is 0 Å². The first-order valence-corrected chi connectivity index (χ1v) is 6.36. The van der Waals surface area contributed by atoms with Gasteiger partial charge >= 0.3 is 0 Å². The van der Waals surface area contributed by atoms with Crippen LogP contribution < -0.4 is 0 Å². The van der Waals surface area contributed by atoms with Crippen molar-refractivity contribution in [3.8, 4) is 0 Å². The van der Waals surface area contributed by atoms with Gasteiger partial charge in [-0.2, -0.15) is 0 Å². The lowest BCUT2D eigenvalue weighted by molar-refractivity contribution is 1.19. The van der Waals surface area contributed by atoms with Crippen molar-refractivity contribution in [1.82, 2.24) is 0 Å². The van der Waals surface area contributed by atoms with Gasteiger partial charge in [0.2, 0.25) is 0 Å². The molecule has 0 rings (SSSR count). The van der Waals surface area contributed by atoms with Crippen LogP contribution in [0.15, 0.2) is 0 Å². The first-order valence-electron chi connectivity index (χ1n) is 3.54. The molecule has 0 atom stereocenters. The summed E-state index contributed by atoms with van der Waals surface area (Å²) in [5.41, 5.74) is 0. The number of rotatable bonds is 3. The average molecular weight is 129 g/mol. The Bertz CT molecular complexity index is 47.1. The lowest BCUT2D eigenvalue weighted by Crippen LogP contribution is -2.26. The van der Waals surface area contributed by atoms with Crippen LogP contribution in [0.3, 0.4) is 0 Å².